The molecule has 0 aromatic heterocycles. The van der Waals surface area contributed by atoms with Crippen LogP contribution in [0.2, 0.25) is 0 Å². The smallest absolute Gasteiger partial charge is 0.445 e. The number of ether oxygens (including phenoxy) is 4. The van der Waals surface area contributed by atoms with Gasteiger partial charge in [-0.3, -0.25) is 4.79 Å². The summed E-state index contributed by atoms with van der Waals surface area (Å²) in [5, 5.41) is -0.675. The van der Waals surface area contributed by atoms with E-state index in [-0.39, 0.29) is 6.61 Å². The maximum absolute atomic E-state index is 12.5. The molecule has 2 aliphatic rings. The average molecular weight is 431 g/mol. The summed E-state index contributed by atoms with van der Waals surface area (Å²) in [6, 6.07) is 0. The van der Waals surface area contributed by atoms with Gasteiger partial charge in [0, 0.05) is 33.0 Å². The van der Waals surface area contributed by atoms with Gasteiger partial charge in [-0.15, -0.1) is 11.8 Å². The fraction of sp³-hybridized carbons (Fsp3) is 0.647. The van der Waals surface area contributed by atoms with E-state index in [1.807, 2.05) is 0 Å². The third-order valence-corrected chi connectivity index (χ3v) is 5.38. The molecule has 0 aromatic rings. The Morgan fingerprint density at radius 2 is 1.93 bits per heavy atom. The van der Waals surface area contributed by atoms with Gasteiger partial charge in [0.1, 0.15) is 12.0 Å². The van der Waals surface area contributed by atoms with E-state index in [4.69, 9.17) is 24.7 Å². The van der Waals surface area contributed by atoms with E-state index in [0.29, 0.717) is 11.3 Å². The summed E-state index contributed by atoms with van der Waals surface area (Å²) in [5.41, 5.74) is 4.83. The van der Waals surface area contributed by atoms with Crippen LogP contribution in [-0.2, 0) is 28.5 Å². The summed E-state index contributed by atoms with van der Waals surface area (Å²) in [6.07, 6.45) is -1.66. The lowest BCUT2D eigenvalue weighted by Gasteiger charge is -2.51. The SMILES string of the molecule is CC(C)OC(=O)OC(C)OC(=O)C1(N)C(=O)N2C=C(COC(=O)N(C)C)CS[C@H]21. The summed E-state index contributed by atoms with van der Waals surface area (Å²) >= 11 is 1.24. The van der Waals surface area contributed by atoms with Gasteiger partial charge in [0.15, 0.2) is 0 Å². The highest BCUT2D eigenvalue weighted by molar-refractivity contribution is 8.00. The monoisotopic (exact) mass is 431 g/mol. The van der Waals surface area contributed by atoms with Crippen LogP contribution in [0, 0.1) is 0 Å². The van der Waals surface area contributed by atoms with Crippen LogP contribution < -0.4 is 5.73 Å². The van der Waals surface area contributed by atoms with Gasteiger partial charge in [-0.25, -0.2) is 14.4 Å². The Labute approximate surface area is 172 Å². The number of rotatable bonds is 6. The molecule has 162 valence electrons. The maximum atomic E-state index is 12.5. The van der Waals surface area contributed by atoms with Crippen LogP contribution in [0.1, 0.15) is 20.8 Å². The maximum Gasteiger partial charge on any atom is 0.511 e. The predicted molar refractivity (Wildman–Crippen MR) is 101 cm³/mol. The number of hydrogen-bond donors (Lipinski definition) is 1. The second-order valence-corrected chi connectivity index (χ2v) is 8.06. The van der Waals surface area contributed by atoms with Crippen molar-refractivity contribution in [3.8, 4) is 0 Å². The van der Waals surface area contributed by atoms with Crippen LogP contribution >= 0.6 is 11.8 Å². The number of nitrogens with zero attached hydrogens (tertiary/aromatic N) is 2. The summed E-state index contributed by atoms with van der Waals surface area (Å²) in [7, 11) is 3.12. The Morgan fingerprint density at radius 1 is 1.28 bits per heavy atom. The first kappa shape index (κ1) is 22.8. The fourth-order valence-electron chi connectivity index (χ4n) is 2.52. The number of carbonyl (C=O) groups excluding carboxylic acids is 4. The van der Waals surface area contributed by atoms with Gasteiger partial charge in [0.25, 0.3) is 5.91 Å². The standard InChI is InChI=1S/C17H25N3O8S/c1-9(2)26-16(24)28-10(3)27-14(22)17(18)12(21)20-6-11(8-29-13(17)20)7-25-15(23)19(4)5/h6,9-10,13H,7-8,18H2,1-5H3/t10?,13-,17?/m0/s1. The second kappa shape index (κ2) is 8.91. The average Bonchev–Trinajstić information content (AvgIpc) is 2.63. The summed E-state index contributed by atoms with van der Waals surface area (Å²) < 4.78 is 19.7. The minimum absolute atomic E-state index is 0.0192. The molecule has 0 aromatic carbocycles. The highest BCUT2D eigenvalue weighted by Crippen LogP contribution is 2.42. The molecule has 2 N–H and O–H groups in total. The quantitative estimate of drug-likeness (QED) is 0.209. The molecule has 12 heteroatoms. The van der Waals surface area contributed by atoms with Crippen LogP contribution in [0.4, 0.5) is 9.59 Å². The van der Waals surface area contributed by atoms with E-state index in [1.54, 1.807) is 27.9 Å². The zero-order chi connectivity index (χ0) is 21.9. The lowest BCUT2D eigenvalue weighted by molar-refractivity contribution is -0.185. The van der Waals surface area contributed by atoms with Crippen molar-refractivity contribution < 1.29 is 38.1 Å². The molecular formula is C17H25N3O8S. The van der Waals surface area contributed by atoms with Gasteiger partial charge in [-0.2, -0.15) is 0 Å². The Morgan fingerprint density at radius 3 is 2.52 bits per heavy atom. The number of amides is 2. The molecule has 29 heavy (non-hydrogen) atoms. The molecule has 0 spiro atoms. The summed E-state index contributed by atoms with van der Waals surface area (Å²) in [4.78, 5) is 50.5. The lowest BCUT2D eigenvalue weighted by atomic mass is 9.89. The first-order valence-corrected chi connectivity index (χ1v) is 9.87. The van der Waals surface area contributed by atoms with Gasteiger partial charge >= 0.3 is 18.2 Å². The van der Waals surface area contributed by atoms with Crippen molar-refractivity contribution in [1.29, 1.82) is 0 Å². The third-order valence-electron chi connectivity index (χ3n) is 3.93. The number of esters is 1. The number of carbonyl (C=O) groups is 4. The lowest BCUT2D eigenvalue weighted by Crippen LogP contribution is -2.80. The Balaban J connectivity index is 1.94. The summed E-state index contributed by atoms with van der Waals surface area (Å²) in [6.45, 7) is 4.61. The molecule has 11 nitrogen and oxygen atoms in total. The Hall–Kier alpha value is -2.47. The normalized spacial score (nSPS) is 24.0. The fourth-order valence-corrected chi connectivity index (χ4v) is 3.82. The number of fused-ring (bicyclic) bond motifs is 1. The highest BCUT2D eigenvalue weighted by atomic mass is 32.2. The number of thioether (sulfide) groups is 1. The van der Waals surface area contributed by atoms with Crippen LogP contribution in [0.5, 0.6) is 0 Å². The van der Waals surface area contributed by atoms with Gasteiger partial charge in [-0.1, -0.05) is 0 Å². The predicted octanol–water partition coefficient (Wildman–Crippen LogP) is 0.632. The second-order valence-electron chi connectivity index (χ2n) is 6.99. The van der Waals surface area contributed by atoms with Gasteiger partial charge in [-0.05, 0) is 19.4 Å². The van der Waals surface area contributed by atoms with E-state index in [0.717, 1.165) is 0 Å². The molecule has 2 amide bonds. The zero-order valence-corrected chi connectivity index (χ0v) is 17.7. The molecule has 2 aliphatic heterocycles. The number of hydrogen-bond acceptors (Lipinski definition) is 10. The van der Waals surface area contributed by atoms with E-state index >= 15 is 0 Å². The van der Waals surface area contributed by atoms with Gasteiger partial charge in [0.05, 0.1) is 6.10 Å². The van der Waals surface area contributed by atoms with Crippen molar-refractivity contribution in [3.05, 3.63) is 11.8 Å². The van der Waals surface area contributed by atoms with Crippen LogP contribution in [0.3, 0.4) is 0 Å². The molecule has 2 rings (SSSR count). The molecule has 0 bridgehead atoms. The van der Waals surface area contributed by atoms with Crippen molar-refractivity contribution >= 4 is 35.9 Å². The Kier molecular flexibility index (Phi) is 7.01. The van der Waals surface area contributed by atoms with Crippen molar-refractivity contribution in [2.45, 2.75) is 44.1 Å². The molecular weight excluding hydrogens is 406 g/mol. The molecule has 2 unspecified atom stereocenters. The molecule has 1 saturated heterocycles. The van der Waals surface area contributed by atoms with E-state index in [9.17, 15) is 19.2 Å². The van der Waals surface area contributed by atoms with E-state index in [1.165, 1.54) is 34.7 Å². The largest absolute Gasteiger partial charge is 0.511 e. The van der Waals surface area contributed by atoms with Crippen molar-refractivity contribution in [3.63, 3.8) is 0 Å². The van der Waals surface area contributed by atoms with Crippen molar-refractivity contribution in [2.75, 3.05) is 26.5 Å². The van der Waals surface area contributed by atoms with Gasteiger partial charge < -0.3 is 34.5 Å². The molecule has 0 saturated carbocycles. The Bertz CT molecular complexity index is 725. The van der Waals surface area contributed by atoms with Crippen molar-refractivity contribution in [2.24, 2.45) is 5.73 Å². The molecule has 2 heterocycles. The number of β-lactam (4-membered cyclic amide) rings is 1. The summed E-state index contributed by atoms with van der Waals surface area (Å²) in [5.74, 6) is -1.25. The topological polar surface area (TPSA) is 138 Å². The molecule has 0 radical (unpaired) electrons. The van der Waals surface area contributed by atoms with Crippen LogP contribution in [0.25, 0.3) is 0 Å². The van der Waals surface area contributed by atoms with Crippen molar-refractivity contribution in [1.82, 2.24) is 9.80 Å². The molecule has 0 aliphatic carbocycles. The van der Waals surface area contributed by atoms with Gasteiger partial charge in [0.2, 0.25) is 11.8 Å². The first-order valence-electron chi connectivity index (χ1n) is 8.82. The first-order chi connectivity index (χ1) is 13.5. The number of nitrogens with two attached hydrogens (primary N) is 1. The van der Waals surface area contributed by atoms with Crippen LogP contribution in [-0.4, -0.2) is 83.7 Å². The molecule has 1 fully saturated rings. The zero-order valence-electron chi connectivity index (χ0n) is 16.9. The van der Waals surface area contributed by atoms with E-state index in [2.05, 4.69) is 0 Å². The molecule has 3 atom stereocenters. The minimum Gasteiger partial charge on any atom is -0.445 e. The minimum atomic E-state index is -1.90. The van der Waals surface area contributed by atoms with E-state index < -0.39 is 47.4 Å². The van der Waals surface area contributed by atoms with Crippen LogP contribution in [0.15, 0.2) is 11.8 Å². The highest BCUT2D eigenvalue weighted by Gasteiger charge is 2.65. The third kappa shape index (κ3) is 4.93.